The molecule has 1 unspecified atom stereocenters. The van der Waals surface area contributed by atoms with Crippen LogP contribution < -0.4 is 11.1 Å². The van der Waals surface area contributed by atoms with Crippen LogP contribution in [0, 0.1) is 5.92 Å². The fraction of sp³-hybridized carbons (Fsp3) is 0.938. The second-order valence-corrected chi connectivity index (χ2v) is 6.82. The van der Waals surface area contributed by atoms with Gasteiger partial charge in [0.15, 0.2) is 0 Å². The molecule has 4 heteroatoms. The van der Waals surface area contributed by atoms with Gasteiger partial charge in [0.1, 0.15) is 0 Å². The van der Waals surface area contributed by atoms with Crippen molar-refractivity contribution in [3.05, 3.63) is 0 Å². The molecular formula is C16H33N3O. The molecule has 1 rings (SSSR count). The van der Waals surface area contributed by atoms with Crippen molar-refractivity contribution in [1.82, 2.24) is 10.2 Å². The van der Waals surface area contributed by atoms with Crippen molar-refractivity contribution >= 4 is 5.91 Å². The lowest BCUT2D eigenvalue weighted by Crippen LogP contribution is -2.57. The second-order valence-electron chi connectivity index (χ2n) is 6.82. The average molecular weight is 283 g/mol. The van der Waals surface area contributed by atoms with Crippen LogP contribution in [-0.2, 0) is 4.79 Å². The molecule has 1 aliphatic rings. The minimum atomic E-state index is -0.589. The molecule has 0 aliphatic carbocycles. The van der Waals surface area contributed by atoms with E-state index in [1.54, 1.807) is 0 Å². The largest absolute Gasteiger partial charge is 0.368 e. The van der Waals surface area contributed by atoms with Gasteiger partial charge in [0, 0.05) is 12.6 Å². The highest BCUT2D eigenvalue weighted by atomic mass is 16.1. The van der Waals surface area contributed by atoms with E-state index in [1.165, 1.54) is 38.8 Å². The lowest BCUT2D eigenvalue weighted by Gasteiger charge is -2.35. The number of rotatable bonds is 8. The molecule has 1 fully saturated rings. The summed E-state index contributed by atoms with van der Waals surface area (Å²) in [5, 5.41) is 3.32. The van der Waals surface area contributed by atoms with Crippen molar-refractivity contribution in [2.24, 2.45) is 11.7 Å². The number of amides is 1. The zero-order chi connectivity index (χ0) is 15.2. The predicted octanol–water partition coefficient (Wildman–Crippen LogP) is 2.13. The zero-order valence-corrected chi connectivity index (χ0v) is 13.7. The number of nitrogens with zero attached hydrogens (tertiary/aromatic N) is 1. The number of carbonyl (C=O) groups excluding carboxylic acids is 1. The van der Waals surface area contributed by atoms with Crippen molar-refractivity contribution in [3.63, 3.8) is 0 Å². The Morgan fingerprint density at radius 2 is 2.00 bits per heavy atom. The summed E-state index contributed by atoms with van der Waals surface area (Å²) in [7, 11) is 0. The van der Waals surface area contributed by atoms with Crippen LogP contribution in [0.1, 0.15) is 59.8 Å². The quantitative estimate of drug-likeness (QED) is 0.717. The van der Waals surface area contributed by atoms with Crippen molar-refractivity contribution in [1.29, 1.82) is 0 Å². The number of hydrogen-bond acceptors (Lipinski definition) is 3. The summed E-state index contributed by atoms with van der Waals surface area (Å²) in [5.74, 6) is 0.666. The van der Waals surface area contributed by atoms with Crippen LogP contribution in [0.15, 0.2) is 0 Å². The van der Waals surface area contributed by atoms with E-state index >= 15 is 0 Å². The highest BCUT2D eigenvalue weighted by Crippen LogP contribution is 2.22. The summed E-state index contributed by atoms with van der Waals surface area (Å²) >= 11 is 0. The molecule has 0 aromatic heterocycles. The Morgan fingerprint density at radius 1 is 1.40 bits per heavy atom. The molecule has 1 heterocycles. The average Bonchev–Trinajstić information content (AvgIpc) is 2.37. The first kappa shape index (κ1) is 17.4. The molecule has 3 N–H and O–H groups in total. The topological polar surface area (TPSA) is 58.4 Å². The second kappa shape index (κ2) is 7.99. The first-order valence-electron chi connectivity index (χ1n) is 8.17. The van der Waals surface area contributed by atoms with Crippen LogP contribution in [0.5, 0.6) is 0 Å². The summed E-state index contributed by atoms with van der Waals surface area (Å²) in [6, 6.07) is 0.266. The molecule has 0 radical (unpaired) electrons. The Labute approximate surface area is 124 Å². The summed E-state index contributed by atoms with van der Waals surface area (Å²) in [4.78, 5) is 14.2. The van der Waals surface area contributed by atoms with Gasteiger partial charge in [-0.25, -0.2) is 0 Å². The molecule has 1 saturated heterocycles. The number of nitrogens with two attached hydrogens (primary N) is 1. The molecule has 0 spiro atoms. The van der Waals surface area contributed by atoms with E-state index < -0.39 is 5.54 Å². The van der Waals surface area contributed by atoms with Crippen LogP contribution >= 0.6 is 0 Å². The first-order chi connectivity index (χ1) is 9.37. The van der Waals surface area contributed by atoms with Crippen LogP contribution in [0.2, 0.25) is 0 Å². The van der Waals surface area contributed by atoms with Crippen LogP contribution in [0.3, 0.4) is 0 Å². The van der Waals surface area contributed by atoms with Gasteiger partial charge in [0.25, 0.3) is 0 Å². The van der Waals surface area contributed by atoms with Gasteiger partial charge in [-0.15, -0.1) is 0 Å². The molecule has 0 aromatic rings. The Balaban J connectivity index is 2.39. The number of piperidine rings is 1. The number of carbonyl (C=O) groups is 1. The Kier molecular flexibility index (Phi) is 6.96. The van der Waals surface area contributed by atoms with E-state index in [0.29, 0.717) is 0 Å². The molecular weight excluding hydrogens is 250 g/mol. The lowest BCUT2D eigenvalue weighted by molar-refractivity contribution is -0.124. The third-order valence-electron chi connectivity index (χ3n) is 4.48. The maximum absolute atomic E-state index is 11.7. The van der Waals surface area contributed by atoms with Gasteiger partial charge in [-0.3, -0.25) is 4.79 Å². The van der Waals surface area contributed by atoms with Gasteiger partial charge in [-0.05, 0) is 59.0 Å². The van der Waals surface area contributed by atoms with E-state index in [-0.39, 0.29) is 11.9 Å². The molecule has 0 bridgehead atoms. The van der Waals surface area contributed by atoms with Crippen molar-refractivity contribution in [2.45, 2.75) is 71.4 Å². The summed E-state index contributed by atoms with van der Waals surface area (Å²) in [6.07, 6.45) is 6.06. The number of primary amides is 1. The van der Waals surface area contributed by atoms with Crippen molar-refractivity contribution < 1.29 is 4.79 Å². The maximum atomic E-state index is 11.7. The molecule has 4 nitrogen and oxygen atoms in total. The SMILES string of the molecule is CCCC1CCN(CCC(C)(NC(C)C)C(N)=O)CC1. The number of nitrogens with one attached hydrogen (secondary N) is 1. The molecule has 0 aromatic carbocycles. The lowest BCUT2D eigenvalue weighted by atomic mass is 9.91. The highest BCUT2D eigenvalue weighted by molar-refractivity contribution is 5.84. The molecule has 0 saturated carbocycles. The molecule has 118 valence electrons. The molecule has 1 aliphatic heterocycles. The zero-order valence-electron chi connectivity index (χ0n) is 13.7. The Hall–Kier alpha value is -0.610. The summed E-state index contributed by atoms with van der Waals surface area (Å²) in [6.45, 7) is 11.6. The Morgan fingerprint density at radius 3 is 2.45 bits per heavy atom. The minimum absolute atomic E-state index is 0.243. The van der Waals surface area contributed by atoms with Gasteiger partial charge in [0.2, 0.25) is 5.91 Å². The third kappa shape index (κ3) is 5.41. The minimum Gasteiger partial charge on any atom is -0.368 e. The van der Waals surface area contributed by atoms with E-state index in [1.807, 2.05) is 6.92 Å². The maximum Gasteiger partial charge on any atom is 0.237 e. The monoisotopic (exact) mass is 283 g/mol. The smallest absolute Gasteiger partial charge is 0.237 e. The molecule has 1 atom stereocenters. The third-order valence-corrected chi connectivity index (χ3v) is 4.48. The Bertz CT molecular complexity index is 298. The fourth-order valence-electron chi connectivity index (χ4n) is 3.19. The van der Waals surface area contributed by atoms with Gasteiger partial charge in [-0.1, -0.05) is 19.8 Å². The molecule has 1 amide bonds. The van der Waals surface area contributed by atoms with Crippen LogP contribution in [0.25, 0.3) is 0 Å². The van der Waals surface area contributed by atoms with E-state index in [4.69, 9.17) is 5.73 Å². The van der Waals surface area contributed by atoms with Gasteiger partial charge in [0.05, 0.1) is 5.54 Å². The number of likely N-dealkylation sites (tertiary alicyclic amines) is 1. The summed E-state index contributed by atoms with van der Waals surface area (Å²) in [5.41, 5.74) is 4.99. The van der Waals surface area contributed by atoms with Gasteiger partial charge in [-0.2, -0.15) is 0 Å². The molecule has 20 heavy (non-hydrogen) atoms. The van der Waals surface area contributed by atoms with Gasteiger partial charge >= 0.3 is 0 Å². The first-order valence-corrected chi connectivity index (χ1v) is 8.17. The van der Waals surface area contributed by atoms with E-state index in [9.17, 15) is 4.79 Å². The van der Waals surface area contributed by atoms with E-state index in [0.717, 1.165) is 18.9 Å². The van der Waals surface area contributed by atoms with Crippen LogP contribution in [0.4, 0.5) is 0 Å². The predicted molar refractivity (Wildman–Crippen MR) is 84.6 cm³/mol. The summed E-state index contributed by atoms with van der Waals surface area (Å²) < 4.78 is 0. The standard InChI is InChI=1S/C16H33N3O/c1-5-6-14-7-10-19(11-8-14)12-9-16(4,15(17)20)18-13(2)3/h13-14,18H,5-12H2,1-4H3,(H2,17,20). The number of hydrogen-bond donors (Lipinski definition) is 2. The highest BCUT2D eigenvalue weighted by Gasteiger charge is 2.32. The van der Waals surface area contributed by atoms with Crippen LogP contribution in [-0.4, -0.2) is 42.0 Å². The fourth-order valence-corrected chi connectivity index (χ4v) is 3.19. The van der Waals surface area contributed by atoms with E-state index in [2.05, 4.69) is 31.0 Å². The van der Waals surface area contributed by atoms with Crippen molar-refractivity contribution in [2.75, 3.05) is 19.6 Å². The van der Waals surface area contributed by atoms with Crippen molar-refractivity contribution in [3.8, 4) is 0 Å². The normalized spacial score (nSPS) is 21.1. The van der Waals surface area contributed by atoms with Gasteiger partial charge < -0.3 is 16.0 Å².